The van der Waals surface area contributed by atoms with Crippen molar-refractivity contribution in [1.29, 1.82) is 0 Å². The Hall–Kier alpha value is -5.92. The van der Waals surface area contributed by atoms with Crippen LogP contribution >= 0.6 is 0 Å². The van der Waals surface area contributed by atoms with E-state index in [0.717, 1.165) is 6.07 Å². The second kappa shape index (κ2) is 10.0. The molecule has 1 aliphatic rings. The Morgan fingerprint density at radius 2 is 0.979 bits per heavy atom. The topological polar surface area (TPSA) is 13.1 Å². The minimum atomic E-state index is -3.77. The molecule has 0 spiro atoms. The zero-order valence-electron chi connectivity index (χ0n) is 55.0. The minimum Gasteiger partial charge on any atom is -0.456 e. The summed E-state index contributed by atoms with van der Waals surface area (Å²) >= 11 is 0. The van der Waals surface area contributed by atoms with E-state index in [9.17, 15) is 16.4 Å². The zero-order chi connectivity index (χ0) is 58.7. The zero-order valence-corrected chi connectivity index (χ0v) is 24.0. The van der Waals surface area contributed by atoms with Crippen molar-refractivity contribution >= 4 is 43.5 Å². The Morgan fingerprint density at radius 1 is 0.438 bits per heavy atom. The van der Waals surface area contributed by atoms with Gasteiger partial charge in [-0.1, -0.05) is 141 Å². The van der Waals surface area contributed by atoms with E-state index < -0.39 is 269 Å². The maximum absolute atomic E-state index is 9.95. The summed E-state index contributed by atoms with van der Waals surface area (Å²) in [6, 6.07) is -23.8. The molecule has 0 unspecified atom stereocenters. The van der Waals surface area contributed by atoms with E-state index in [1.165, 1.54) is 0 Å². The highest BCUT2D eigenvalue weighted by Crippen LogP contribution is 2.50. The summed E-state index contributed by atoms with van der Waals surface area (Å²) in [5.74, 6) is 0. The van der Waals surface area contributed by atoms with Crippen LogP contribution in [0.4, 0.5) is 0 Å². The number of fused-ring (bicyclic) bond motifs is 8. The van der Waals surface area contributed by atoms with Crippen LogP contribution in [-0.2, 0) is 5.41 Å². The van der Waals surface area contributed by atoms with Gasteiger partial charge in [0.25, 0.3) is 0 Å². The molecule has 0 saturated carbocycles. The lowest BCUT2D eigenvalue weighted by molar-refractivity contribution is 0.660. The molecule has 0 saturated heterocycles. The first-order valence-corrected chi connectivity index (χ1v) is 14.2. The average molecular weight is 644 g/mol. The van der Waals surface area contributed by atoms with Gasteiger partial charge in [0.2, 0.25) is 0 Å². The number of benzene rings is 8. The number of hydrogen-bond acceptors (Lipinski definition) is 1. The van der Waals surface area contributed by atoms with Gasteiger partial charge in [0.15, 0.2) is 0 Å². The molecule has 0 fully saturated rings. The summed E-state index contributed by atoms with van der Waals surface area (Å²) in [5.41, 5.74) is -12.9. The van der Waals surface area contributed by atoms with E-state index >= 15 is 0 Å². The van der Waals surface area contributed by atoms with Crippen LogP contribution < -0.4 is 0 Å². The average Bonchev–Trinajstić information content (AvgIpc) is 3.55. The van der Waals surface area contributed by atoms with E-state index in [0.29, 0.717) is 0 Å². The quantitative estimate of drug-likeness (QED) is 0.175. The summed E-state index contributed by atoms with van der Waals surface area (Å²) in [6.07, 6.45) is 0. The largest absolute Gasteiger partial charge is 0.456 e. The highest BCUT2D eigenvalue weighted by molar-refractivity contribution is 6.22. The normalized spacial score (nSPS) is 23.0. The molecule has 0 N–H and O–H groups in total. The molecule has 9 aromatic rings. The first-order valence-electron chi connectivity index (χ1n) is 29.7. The van der Waals surface area contributed by atoms with Gasteiger partial charge < -0.3 is 4.42 Å². The smallest absolute Gasteiger partial charge is 0.135 e. The molecular weight excluding hydrogens is 581 g/mol. The molecule has 10 rings (SSSR count). The molecule has 1 heterocycles. The van der Waals surface area contributed by atoms with Gasteiger partial charge in [-0.25, -0.2) is 0 Å². The van der Waals surface area contributed by atoms with Crippen LogP contribution in [-0.4, -0.2) is 0 Å². The van der Waals surface area contributed by atoms with Crippen molar-refractivity contribution in [3.63, 3.8) is 0 Å². The summed E-state index contributed by atoms with van der Waals surface area (Å²) in [7, 11) is 0. The number of hydrogen-bond donors (Lipinski definition) is 0. The molecule has 0 amide bonds. The van der Waals surface area contributed by atoms with Gasteiger partial charge in [-0.05, 0) is 107 Å². The first kappa shape index (κ1) is 10.5. The predicted octanol–water partition coefficient (Wildman–Crippen LogP) is 13.2. The van der Waals surface area contributed by atoms with Crippen LogP contribution in [0, 0.1) is 0 Å². The lowest BCUT2D eigenvalue weighted by atomic mass is 9.81. The molecule has 48 heavy (non-hydrogen) atoms. The fourth-order valence-electron chi connectivity index (χ4n) is 6.14. The van der Waals surface area contributed by atoms with Crippen molar-refractivity contribution in [2.45, 2.75) is 19.1 Å². The summed E-state index contributed by atoms with van der Waals surface area (Å²) in [4.78, 5) is 0. The Bertz CT molecular complexity index is 4270. The fourth-order valence-corrected chi connectivity index (χ4v) is 6.14. The molecule has 8 aromatic carbocycles. The fraction of sp³-hybridized carbons (Fsp3) is 0.0638. The molecule has 1 aliphatic carbocycles. The molecule has 1 heteroatoms. The third-order valence-electron chi connectivity index (χ3n) is 8.22. The van der Waals surface area contributed by atoms with E-state index in [1.807, 2.05) is 0 Å². The minimum absolute atomic E-state index is 0.570. The Balaban J connectivity index is 1.42. The van der Waals surface area contributed by atoms with Crippen LogP contribution in [0.1, 0.15) is 67.3 Å². The van der Waals surface area contributed by atoms with Gasteiger partial charge in [-0.3, -0.25) is 0 Å². The van der Waals surface area contributed by atoms with E-state index in [2.05, 4.69) is 0 Å². The Labute approximate surface area is 323 Å². The SMILES string of the molecule is [2H]c1cc2c(c([2H])c1-c1c([2H])c([2H])c3oc4c([2H])c([2H])c(-c5c6c([2H])c([2H])c([2H])c([2H])c6c(-c6c([2H])c([2H])c([2H])c([2H])c6[2H])c6c([2H])c([2H])c([2H])c([2H])c56)c([2H])c4c3c1[2H])C(C([2H])([2H])[2H])(C([2H])([2H])[2H])c1c([2H])c([2H])c([2H])c([2H])c1-2. The van der Waals surface area contributed by atoms with Gasteiger partial charge in [-0.15, -0.1) is 0 Å². The van der Waals surface area contributed by atoms with Crippen molar-refractivity contribution < 1.29 is 46.9 Å². The van der Waals surface area contributed by atoms with Gasteiger partial charge in [-0.2, -0.15) is 0 Å². The molecule has 1 nitrogen and oxygen atoms in total. The Kier molecular flexibility index (Phi) is 2.20. The predicted molar refractivity (Wildman–Crippen MR) is 203 cm³/mol. The molecule has 0 bridgehead atoms. The van der Waals surface area contributed by atoms with E-state index in [-0.39, 0.29) is 0 Å². The molecular formula is C47H32O. The summed E-state index contributed by atoms with van der Waals surface area (Å²) < 4.78 is 284. The highest BCUT2D eigenvalue weighted by Gasteiger charge is 2.35. The van der Waals surface area contributed by atoms with Gasteiger partial charge in [0.05, 0.1) is 34.3 Å². The van der Waals surface area contributed by atoms with E-state index in [4.69, 9.17) is 30.5 Å². The highest BCUT2D eigenvalue weighted by atomic mass is 16.3. The van der Waals surface area contributed by atoms with Crippen molar-refractivity contribution in [1.82, 2.24) is 0 Å². The van der Waals surface area contributed by atoms with Crippen LogP contribution in [0.2, 0.25) is 0 Å². The standard InChI is InChI=1S/C47H32O/c1-47(2)41-19-11-10-14-33(41)34-23-20-31(28-42(34)47)30-21-24-43-39(26-30)40-27-32(22-25-44(40)48-43)46-37-17-8-6-15-35(37)45(29-12-4-3-5-13-29)36-16-7-9-18-38(36)46/h3-28H,1-2H3/i1D3,2D3,3D,4D,5D,6D,7D,8D,9D,10D,11D,12D,13D,14D,15D,16D,17D,18D,19D,20D,21D,22D,24D,25D,26D,27D,28D. The maximum atomic E-state index is 9.95. The van der Waals surface area contributed by atoms with Crippen LogP contribution in [0.15, 0.2) is 162 Å². The summed E-state index contributed by atoms with van der Waals surface area (Å²) in [6.45, 7) is -7.54. The van der Waals surface area contributed by atoms with Crippen LogP contribution in [0.5, 0.6) is 0 Å². The van der Waals surface area contributed by atoms with Crippen LogP contribution in [0.3, 0.4) is 0 Å². The molecule has 1 aromatic heterocycles. The van der Waals surface area contributed by atoms with Gasteiger partial charge >= 0.3 is 0 Å². The van der Waals surface area contributed by atoms with Crippen molar-refractivity contribution in [2.75, 3.05) is 0 Å². The second-order valence-electron chi connectivity index (χ2n) is 10.8. The summed E-state index contributed by atoms with van der Waals surface area (Å²) in [5, 5.41) is -4.30. The molecule has 226 valence electrons. The third kappa shape index (κ3) is 3.85. The van der Waals surface area contributed by atoms with Crippen molar-refractivity contribution in [3.05, 3.63) is 168 Å². The van der Waals surface area contributed by atoms with Crippen LogP contribution in [0.25, 0.3) is 88.0 Å². The lowest BCUT2D eigenvalue weighted by Crippen LogP contribution is -2.14. The number of rotatable bonds is 3. The lowest BCUT2D eigenvalue weighted by Gasteiger charge is -2.22. The molecule has 0 radical (unpaired) electrons. The van der Waals surface area contributed by atoms with Crippen molar-refractivity contribution in [2.24, 2.45) is 0 Å². The maximum Gasteiger partial charge on any atom is 0.135 e. The third-order valence-corrected chi connectivity index (χ3v) is 8.22. The van der Waals surface area contributed by atoms with Gasteiger partial charge in [0.1, 0.15) is 11.2 Å². The second-order valence-corrected chi connectivity index (χ2v) is 10.8. The Morgan fingerprint density at radius 3 is 1.65 bits per heavy atom. The molecule has 0 aliphatic heterocycles. The monoisotopic (exact) mass is 643 g/mol. The van der Waals surface area contributed by atoms with Crippen molar-refractivity contribution in [3.8, 4) is 44.5 Å². The molecule has 0 atom stereocenters. The number of furan rings is 1. The first-order chi connectivity index (χ1) is 36.5. The van der Waals surface area contributed by atoms with E-state index in [1.54, 1.807) is 0 Å². The van der Waals surface area contributed by atoms with Gasteiger partial charge in [0, 0.05) is 24.4 Å².